The third kappa shape index (κ3) is 2.40. The number of fused-ring (bicyclic) bond motifs is 2. The van der Waals surface area contributed by atoms with Gasteiger partial charge in [-0.05, 0) is 42.8 Å². The molecule has 134 valence electrons. The van der Waals surface area contributed by atoms with Crippen LogP contribution in [0.5, 0.6) is 0 Å². The Kier molecular flexibility index (Phi) is 3.60. The molecule has 1 aliphatic heterocycles. The molecule has 7 heteroatoms. The van der Waals surface area contributed by atoms with Gasteiger partial charge in [0.25, 0.3) is 5.89 Å². The van der Waals surface area contributed by atoms with Gasteiger partial charge < -0.3 is 9.32 Å². The number of rotatable bonds is 3. The number of carbonyl (C=O) groups excluding carboxylic acids is 1. The molecule has 1 atom stereocenters. The van der Waals surface area contributed by atoms with Gasteiger partial charge in [0.15, 0.2) is 5.58 Å². The molecule has 0 radical (unpaired) electrons. The zero-order valence-electron chi connectivity index (χ0n) is 14.1. The van der Waals surface area contributed by atoms with Crippen molar-refractivity contribution < 1.29 is 18.0 Å². The Balaban J connectivity index is 1.77. The second-order valence-electron chi connectivity index (χ2n) is 6.73. The van der Waals surface area contributed by atoms with Crippen molar-refractivity contribution in [2.45, 2.75) is 24.7 Å². The normalized spacial score (nSPS) is 20.0. The van der Waals surface area contributed by atoms with E-state index in [1.807, 2.05) is 0 Å². The molecule has 0 bridgehead atoms. The van der Waals surface area contributed by atoms with Crippen LogP contribution in [0, 0.1) is 0 Å². The average Bonchev–Trinajstić information content (AvgIpc) is 3.11. The van der Waals surface area contributed by atoms with E-state index in [4.69, 9.17) is 16.0 Å². The standard InChI is InChI=1S/C19H15ClF2N2O2/c1-18(12-9-11(20)7-8-14(12)24(2)17(18)25)10-19(21,22)16-23-13-5-3-4-6-15(13)26-16/h3-9H,10H2,1-2H3. The van der Waals surface area contributed by atoms with Crippen molar-refractivity contribution in [3.05, 3.63) is 58.9 Å². The maximum Gasteiger partial charge on any atom is 0.323 e. The number of hydrogen-bond acceptors (Lipinski definition) is 3. The van der Waals surface area contributed by atoms with Gasteiger partial charge in [-0.15, -0.1) is 0 Å². The predicted molar refractivity (Wildman–Crippen MR) is 94.7 cm³/mol. The van der Waals surface area contributed by atoms with E-state index in [0.29, 0.717) is 21.8 Å². The zero-order valence-corrected chi connectivity index (χ0v) is 14.8. The number of aromatic nitrogens is 1. The topological polar surface area (TPSA) is 46.3 Å². The molecule has 1 aromatic heterocycles. The second kappa shape index (κ2) is 5.51. The monoisotopic (exact) mass is 376 g/mol. The molecule has 26 heavy (non-hydrogen) atoms. The number of amides is 1. The van der Waals surface area contributed by atoms with Crippen molar-refractivity contribution in [2.24, 2.45) is 0 Å². The van der Waals surface area contributed by atoms with E-state index in [1.165, 1.54) is 11.8 Å². The number of carbonyl (C=O) groups is 1. The molecule has 0 N–H and O–H groups in total. The van der Waals surface area contributed by atoms with Crippen LogP contribution in [0.25, 0.3) is 11.1 Å². The molecule has 1 amide bonds. The van der Waals surface area contributed by atoms with E-state index in [-0.39, 0.29) is 5.58 Å². The van der Waals surface area contributed by atoms with Gasteiger partial charge in [-0.1, -0.05) is 23.7 Å². The van der Waals surface area contributed by atoms with E-state index in [9.17, 15) is 4.79 Å². The number of benzene rings is 2. The summed E-state index contributed by atoms with van der Waals surface area (Å²) in [5.41, 5.74) is 0.263. The molecule has 2 aromatic carbocycles. The van der Waals surface area contributed by atoms with Gasteiger partial charge in [-0.2, -0.15) is 8.78 Å². The van der Waals surface area contributed by atoms with Crippen LogP contribution >= 0.6 is 11.6 Å². The summed E-state index contributed by atoms with van der Waals surface area (Å²) in [4.78, 5) is 18.1. The van der Waals surface area contributed by atoms with Gasteiger partial charge in [-0.25, -0.2) is 4.98 Å². The van der Waals surface area contributed by atoms with Gasteiger partial charge >= 0.3 is 5.92 Å². The minimum atomic E-state index is -3.42. The number of anilines is 1. The van der Waals surface area contributed by atoms with Gasteiger partial charge in [-0.3, -0.25) is 4.79 Å². The molecule has 0 aliphatic carbocycles. The van der Waals surface area contributed by atoms with E-state index >= 15 is 8.78 Å². The van der Waals surface area contributed by atoms with Crippen molar-refractivity contribution in [3.63, 3.8) is 0 Å². The lowest BCUT2D eigenvalue weighted by molar-refractivity contribution is -0.128. The first kappa shape index (κ1) is 17.0. The van der Waals surface area contributed by atoms with Crippen molar-refractivity contribution in [2.75, 3.05) is 11.9 Å². The Bertz CT molecular complexity index is 1000. The average molecular weight is 377 g/mol. The van der Waals surface area contributed by atoms with Crippen LogP contribution in [0.15, 0.2) is 46.9 Å². The number of nitrogens with zero attached hydrogens (tertiary/aromatic N) is 2. The molecule has 1 unspecified atom stereocenters. The number of alkyl halides is 2. The van der Waals surface area contributed by atoms with Crippen LogP contribution in [0.4, 0.5) is 14.5 Å². The van der Waals surface area contributed by atoms with Crippen LogP contribution in [0.1, 0.15) is 24.8 Å². The summed E-state index contributed by atoms with van der Waals surface area (Å²) >= 11 is 6.04. The highest BCUT2D eigenvalue weighted by Gasteiger charge is 2.54. The van der Waals surface area contributed by atoms with E-state index in [1.54, 1.807) is 49.5 Å². The number of hydrogen-bond donors (Lipinski definition) is 0. The molecule has 4 nitrogen and oxygen atoms in total. The zero-order chi connectivity index (χ0) is 18.7. The first-order chi connectivity index (χ1) is 12.2. The smallest absolute Gasteiger partial charge is 0.323 e. The Morgan fingerprint density at radius 1 is 1.27 bits per heavy atom. The highest BCUT2D eigenvalue weighted by atomic mass is 35.5. The summed E-state index contributed by atoms with van der Waals surface area (Å²) in [5, 5.41) is 0.392. The van der Waals surface area contributed by atoms with E-state index in [0.717, 1.165) is 0 Å². The summed E-state index contributed by atoms with van der Waals surface area (Å²) < 4.78 is 35.3. The Morgan fingerprint density at radius 2 is 2.00 bits per heavy atom. The van der Waals surface area contributed by atoms with Crippen LogP contribution in [0.2, 0.25) is 5.02 Å². The Morgan fingerprint density at radius 3 is 2.73 bits per heavy atom. The lowest BCUT2D eigenvalue weighted by Gasteiger charge is -2.27. The molecule has 0 saturated heterocycles. The van der Waals surface area contributed by atoms with Crippen molar-refractivity contribution in [3.8, 4) is 0 Å². The van der Waals surface area contributed by atoms with Gasteiger partial charge in [0, 0.05) is 24.2 Å². The number of para-hydroxylation sites is 2. The lowest BCUT2D eigenvalue weighted by Crippen LogP contribution is -2.40. The molecule has 4 rings (SSSR count). The molecule has 0 saturated carbocycles. The fraction of sp³-hybridized carbons (Fsp3) is 0.263. The largest absolute Gasteiger partial charge is 0.435 e. The van der Waals surface area contributed by atoms with E-state index in [2.05, 4.69) is 4.98 Å². The maximum atomic E-state index is 15.0. The minimum Gasteiger partial charge on any atom is -0.435 e. The van der Waals surface area contributed by atoms with Crippen LogP contribution in [0.3, 0.4) is 0 Å². The highest BCUT2D eigenvalue weighted by Crippen LogP contribution is 2.49. The van der Waals surface area contributed by atoms with Gasteiger partial charge in [0.05, 0.1) is 5.41 Å². The summed E-state index contributed by atoms with van der Waals surface area (Å²) in [6, 6.07) is 11.4. The summed E-state index contributed by atoms with van der Waals surface area (Å²) in [7, 11) is 1.57. The lowest BCUT2D eigenvalue weighted by atomic mass is 9.78. The maximum absolute atomic E-state index is 15.0. The molecule has 0 spiro atoms. The molecular weight excluding hydrogens is 362 g/mol. The molecule has 1 aliphatic rings. The number of halogens is 3. The summed E-state index contributed by atoms with van der Waals surface area (Å²) in [6.07, 6.45) is -0.761. The van der Waals surface area contributed by atoms with Crippen LogP contribution < -0.4 is 4.90 Å². The first-order valence-electron chi connectivity index (χ1n) is 8.04. The quantitative estimate of drug-likeness (QED) is 0.653. The van der Waals surface area contributed by atoms with Gasteiger partial charge in [0.2, 0.25) is 5.91 Å². The number of oxazole rings is 1. The van der Waals surface area contributed by atoms with Crippen molar-refractivity contribution >= 4 is 34.3 Å². The molecule has 3 aromatic rings. The highest BCUT2D eigenvalue weighted by molar-refractivity contribution is 6.31. The molecular formula is C19H15ClF2N2O2. The third-order valence-corrected chi connectivity index (χ3v) is 5.11. The first-order valence-corrected chi connectivity index (χ1v) is 8.42. The Hall–Kier alpha value is -2.47. The number of likely N-dealkylation sites (N-methyl/N-ethyl adjacent to an activating group) is 1. The van der Waals surface area contributed by atoms with E-state index < -0.39 is 29.6 Å². The molecule has 2 heterocycles. The summed E-state index contributed by atoms with van der Waals surface area (Å²) in [5.74, 6) is -4.52. The predicted octanol–water partition coefficient (Wildman–Crippen LogP) is 4.90. The van der Waals surface area contributed by atoms with Crippen molar-refractivity contribution in [1.29, 1.82) is 0 Å². The molecule has 0 fully saturated rings. The van der Waals surface area contributed by atoms with Gasteiger partial charge in [0.1, 0.15) is 5.52 Å². The minimum absolute atomic E-state index is 0.283. The fourth-order valence-corrected chi connectivity index (χ4v) is 3.73. The third-order valence-electron chi connectivity index (χ3n) is 4.87. The second-order valence-corrected chi connectivity index (χ2v) is 7.16. The van der Waals surface area contributed by atoms with Crippen LogP contribution in [-0.4, -0.2) is 17.9 Å². The van der Waals surface area contributed by atoms with Crippen LogP contribution in [-0.2, 0) is 16.1 Å². The Labute approximate surface area is 153 Å². The SMILES string of the molecule is CN1C(=O)C(C)(CC(F)(F)c2nc3ccccc3o2)c2cc(Cl)ccc21. The summed E-state index contributed by atoms with van der Waals surface area (Å²) in [6.45, 7) is 1.50. The van der Waals surface area contributed by atoms with Crippen molar-refractivity contribution in [1.82, 2.24) is 4.98 Å². The fourth-order valence-electron chi connectivity index (χ4n) is 3.56.